The second kappa shape index (κ2) is 8.28. The van der Waals surface area contributed by atoms with E-state index in [0.717, 1.165) is 25.1 Å². The highest BCUT2D eigenvalue weighted by Crippen LogP contribution is 2.36. The fourth-order valence-corrected chi connectivity index (χ4v) is 2.83. The van der Waals surface area contributed by atoms with Gasteiger partial charge in [0.1, 0.15) is 5.75 Å². The van der Waals surface area contributed by atoms with E-state index in [1.54, 1.807) is 0 Å². The molecule has 1 atom stereocenters. The number of methoxy groups -OCH3 is 1. The van der Waals surface area contributed by atoms with Crippen molar-refractivity contribution < 1.29 is 9.47 Å². The molecule has 0 aliphatic carbocycles. The molecule has 0 amide bonds. The van der Waals surface area contributed by atoms with Crippen LogP contribution in [0.1, 0.15) is 52.1 Å². The van der Waals surface area contributed by atoms with Gasteiger partial charge in [0.05, 0.1) is 18.2 Å². The molecule has 1 unspecified atom stereocenters. The van der Waals surface area contributed by atoms with E-state index in [2.05, 4.69) is 44.3 Å². The zero-order valence-electron chi connectivity index (χ0n) is 13.5. The summed E-state index contributed by atoms with van der Waals surface area (Å²) < 4.78 is 11.5. The first-order valence-electron chi connectivity index (χ1n) is 7.68. The van der Waals surface area contributed by atoms with Crippen molar-refractivity contribution in [2.45, 2.75) is 52.2 Å². The van der Waals surface area contributed by atoms with Crippen molar-refractivity contribution >= 4 is 0 Å². The first kappa shape index (κ1) is 17.0. The molecule has 114 valence electrons. The zero-order chi connectivity index (χ0) is 15.0. The number of hydrogen-bond donors (Lipinski definition) is 1. The van der Waals surface area contributed by atoms with Gasteiger partial charge in [-0.15, -0.1) is 0 Å². The van der Waals surface area contributed by atoms with Crippen LogP contribution in [0.5, 0.6) is 5.75 Å². The smallest absolute Gasteiger partial charge is 0.119 e. The number of ether oxygens (including phenoxy) is 2. The molecule has 3 nitrogen and oxygen atoms in total. The third-order valence-electron chi connectivity index (χ3n) is 4.04. The Kier molecular flexibility index (Phi) is 7.03. The van der Waals surface area contributed by atoms with Crippen LogP contribution in [0.2, 0.25) is 0 Å². The van der Waals surface area contributed by atoms with E-state index in [4.69, 9.17) is 9.47 Å². The molecule has 0 saturated carbocycles. The summed E-state index contributed by atoms with van der Waals surface area (Å²) in [5.41, 5.74) is 1.05. The summed E-state index contributed by atoms with van der Waals surface area (Å²) in [5.74, 6) is 0.921. The van der Waals surface area contributed by atoms with Crippen molar-refractivity contribution in [1.29, 1.82) is 0 Å². The third-order valence-corrected chi connectivity index (χ3v) is 4.04. The Balaban J connectivity index is 3.14. The first-order valence-corrected chi connectivity index (χ1v) is 7.68. The van der Waals surface area contributed by atoms with Crippen LogP contribution >= 0.6 is 0 Å². The number of hydrogen-bond acceptors (Lipinski definition) is 3. The molecule has 1 aromatic rings. The van der Waals surface area contributed by atoms with Crippen LogP contribution in [0.4, 0.5) is 0 Å². The molecule has 1 aromatic carbocycles. The summed E-state index contributed by atoms with van der Waals surface area (Å²) in [7, 11) is 1.81. The van der Waals surface area contributed by atoms with Gasteiger partial charge in [-0.1, -0.05) is 32.9 Å². The van der Waals surface area contributed by atoms with Crippen LogP contribution in [0, 0.1) is 0 Å². The summed E-state index contributed by atoms with van der Waals surface area (Å²) in [5, 5.41) is 3.58. The topological polar surface area (TPSA) is 30.5 Å². The van der Waals surface area contributed by atoms with Gasteiger partial charge in [0.15, 0.2) is 0 Å². The Morgan fingerprint density at radius 1 is 1.15 bits per heavy atom. The van der Waals surface area contributed by atoms with E-state index in [-0.39, 0.29) is 11.6 Å². The van der Waals surface area contributed by atoms with Crippen LogP contribution < -0.4 is 10.1 Å². The third kappa shape index (κ3) is 3.74. The zero-order valence-corrected chi connectivity index (χ0v) is 13.5. The Bertz CT molecular complexity index is 380. The Morgan fingerprint density at radius 2 is 1.85 bits per heavy atom. The molecular formula is C17H29NO2. The van der Waals surface area contributed by atoms with Crippen molar-refractivity contribution in [3.05, 3.63) is 29.8 Å². The fraction of sp³-hybridized carbons (Fsp3) is 0.647. The number of rotatable bonds is 9. The number of nitrogens with one attached hydrogen (secondary N) is 1. The van der Waals surface area contributed by atoms with Gasteiger partial charge >= 0.3 is 0 Å². The molecule has 0 aliphatic rings. The van der Waals surface area contributed by atoms with Gasteiger partial charge in [-0.25, -0.2) is 0 Å². The lowest BCUT2D eigenvalue weighted by atomic mass is 9.83. The minimum atomic E-state index is -0.180. The minimum absolute atomic E-state index is 0.174. The summed E-state index contributed by atoms with van der Waals surface area (Å²) in [6, 6.07) is 8.50. The maximum absolute atomic E-state index is 5.90. The molecule has 0 heterocycles. The lowest BCUT2D eigenvalue weighted by Crippen LogP contribution is -2.44. The van der Waals surface area contributed by atoms with Crippen molar-refractivity contribution in [1.82, 2.24) is 5.32 Å². The van der Waals surface area contributed by atoms with Crippen molar-refractivity contribution in [3.63, 3.8) is 0 Å². The second-order valence-electron chi connectivity index (χ2n) is 4.97. The van der Waals surface area contributed by atoms with Gasteiger partial charge < -0.3 is 14.8 Å². The molecule has 0 saturated heterocycles. The predicted molar refractivity (Wildman–Crippen MR) is 84.4 cm³/mol. The molecule has 0 radical (unpaired) electrons. The Labute approximate surface area is 123 Å². The molecule has 1 rings (SSSR count). The monoisotopic (exact) mass is 279 g/mol. The van der Waals surface area contributed by atoms with E-state index < -0.39 is 0 Å². The van der Waals surface area contributed by atoms with E-state index in [9.17, 15) is 0 Å². The van der Waals surface area contributed by atoms with E-state index >= 15 is 0 Å². The lowest BCUT2D eigenvalue weighted by molar-refractivity contribution is -0.0482. The van der Waals surface area contributed by atoms with Crippen molar-refractivity contribution in [2.24, 2.45) is 0 Å². The van der Waals surface area contributed by atoms with E-state index in [1.165, 1.54) is 5.56 Å². The van der Waals surface area contributed by atoms with Crippen LogP contribution in [-0.2, 0) is 4.74 Å². The maximum Gasteiger partial charge on any atom is 0.119 e. The molecule has 0 bridgehead atoms. The minimum Gasteiger partial charge on any atom is -0.494 e. The largest absolute Gasteiger partial charge is 0.494 e. The average Bonchev–Trinajstić information content (AvgIpc) is 2.49. The van der Waals surface area contributed by atoms with Gasteiger partial charge in [0.25, 0.3) is 0 Å². The number of likely N-dealkylation sites (N-methyl/N-ethyl adjacent to an activating group) is 1. The average molecular weight is 279 g/mol. The molecule has 0 aromatic heterocycles. The van der Waals surface area contributed by atoms with Crippen molar-refractivity contribution in [2.75, 3.05) is 20.3 Å². The quantitative estimate of drug-likeness (QED) is 0.742. The summed E-state index contributed by atoms with van der Waals surface area (Å²) in [6.07, 6.45) is 1.94. The van der Waals surface area contributed by atoms with Gasteiger partial charge in [0.2, 0.25) is 0 Å². The van der Waals surface area contributed by atoms with Gasteiger partial charge in [-0.05, 0) is 44.0 Å². The maximum atomic E-state index is 5.90. The molecule has 3 heteroatoms. The van der Waals surface area contributed by atoms with Gasteiger partial charge in [-0.2, -0.15) is 0 Å². The SMILES string of the molecule is CCNC(c1cccc(OCC)c1)C(CC)(CC)OC. The molecule has 0 fully saturated rings. The summed E-state index contributed by atoms with van der Waals surface area (Å²) in [4.78, 5) is 0. The normalized spacial score (nSPS) is 13.2. The highest BCUT2D eigenvalue weighted by Gasteiger charge is 2.36. The molecule has 1 N–H and O–H groups in total. The molecule has 20 heavy (non-hydrogen) atoms. The van der Waals surface area contributed by atoms with Gasteiger partial charge in [0, 0.05) is 7.11 Å². The Morgan fingerprint density at radius 3 is 2.35 bits per heavy atom. The first-order chi connectivity index (χ1) is 9.67. The summed E-state index contributed by atoms with van der Waals surface area (Å²) >= 11 is 0. The molecule has 0 spiro atoms. The fourth-order valence-electron chi connectivity index (χ4n) is 2.83. The Hall–Kier alpha value is -1.06. The van der Waals surface area contributed by atoms with Crippen LogP contribution in [-0.4, -0.2) is 25.9 Å². The highest BCUT2D eigenvalue weighted by molar-refractivity contribution is 5.32. The molecule has 0 aliphatic heterocycles. The standard InChI is InChI=1S/C17H29NO2/c1-6-17(7-2,19-5)16(18-8-3)14-11-10-12-15(13-14)20-9-4/h10-13,16,18H,6-9H2,1-5H3. The van der Waals surface area contributed by atoms with Gasteiger partial charge in [-0.3, -0.25) is 0 Å². The van der Waals surface area contributed by atoms with E-state index in [0.29, 0.717) is 6.61 Å². The van der Waals surface area contributed by atoms with E-state index in [1.807, 2.05) is 20.1 Å². The summed E-state index contributed by atoms with van der Waals surface area (Å²) in [6.45, 7) is 10.1. The van der Waals surface area contributed by atoms with Crippen LogP contribution in [0.15, 0.2) is 24.3 Å². The lowest BCUT2D eigenvalue weighted by Gasteiger charge is -2.39. The van der Waals surface area contributed by atoms with Crippen LogP contribution in [0.3, 0.4) is 0 Å². The number of benzene rings is 1. The second-order valence-corrected chi connectivity index (χ2v) is 4.97. The molecular weight excluding hydrogens is 250 g/mol. The van der Waals surface area contributed by atoms with Crippen LogP contribution in [0.25, 0.3) is 0 Å². The highest BCUT2D eigenvalue weighted by atomic mass is 16.5. The predicted octanol–water partition coefficient (Wildman–Crippen LogP) is 3.94. The van der Waals surface area contributed by atoms with Crippen molar-refractivity contribution in [3.8, 4) is 5.75 Å².